The third-order valence-corrected chi connectivity index (χ3v) is 3.83. The molecule has 0 bridgehead atoms. The summed E-state index contributed by atoms with van der Waals surface area (Å²) in [6.07, 6.45) is -4.70. The number of nitrogens with one attached hydrogen (secondary N) is 2. The lowest BCUT2D eigenvalue weighted by molar-refractivity contribution is -0.159. The molecule has 0 aliphatic carbocycles. The van der Waals surface area contributed by atoms with Crippen LogP contribution < -0.4 is 10.6 Å². The zero-order valence-corrected chi connectivity index (χ0v) is 15.3. The number of rotatable bonds is 8. The molecule has 8 nitrogen and oxygen atoms in total. The Morgan fingerprint density at radius 1 is 1.18 bits per heavy atom. The molecule has 0 saturated carbocycles. The Hall–Kier alpha value is -2.95. The second-order valence-electron chi connectivity index (χ2n) is 5.80. The summed E-state index contributed by atoms with van der Waals surface area (Å²) in [5, 5.41) is 8.54. The van der Waals surface area contributed by atoms with Gasteiger partial charge in [-0.3, -0.25) is 14.9 Å². The fraction of sp³-hybridized carbons (Fsp3) is 0.412. The van der Waals surface area contributed by atoms with Crippen molar-refractivity contribution in [1.82, 2.24) is 25.7 Å². The van der Waals surface area contributed by atoms with Crippen molar-refractivity contribution in [3.05, 3.63) is 35.7 Å². The van der Waals surface area contributed by atoms with Crippen LogP contribution in [0.15, 0.2) is 28.8 Å². The molecule has 2 aromatic rings. The van der Waals surface area contributed by atoms with Gasteiger partial charge < -0.3 is 14.7 Å². The summed E-state index contributed by atoms with van der Waals surface area (Å²) >= 11 is 0. The summed E-state index contributed by atoms with van der Waals surface area (Å²) in [5.74, 6) is -1.97. The lowest BCUT2D eigenvalue weighted by Gasteiger charge is -2.21. The highest BCUT2D eigenvalue weighted by molar-refractivity contribution is 5.81. The second-order valence-corrected chi connectivity index (χ2v) is 5.80. The minimum atomic E-state index is -4.70. The Morgan fingerprint density at radius 2 is 1.86 bits per heavy atom. The Labute approximate surface area is 159 Å². The van der Waals surface area contributed by atoms with E-state index in [1.54, 1.807) is 29.2 Å². The SMILES string of the molecule is CCN(Cc1ccc(-c2noc(C(F)(F)F)n2)cc1)C(=O)CNCC(=O)NC. The number of halogens is 3. The Kier molecular flexibility index (Phi) is 7.10. The van der Waals surface area contributed by atoms with Gasteiger partial charge in [-0.2, -0.15) is 18.2 Å². The molecule has 0 atom stereocenters. The van der Waals surface area contributed by atoms with Gasteiger partial charge in [0.15, 0.2) is 0 Å². The average molecular weight is 399 g/mol. The van der Waals surface area contributed by atoms with Crippen LogP contribution in [0.25, 0.3) is 11.4 Å². The number of hydrogen-bond donors (Lipinski definition) is 2. The summed E-state index contributed by atoms with van der Waals surface area (Å²) < 4.78 is 41.8. The van der Waals surface area contributed by atoms with Crippen molar-refractivity contribution in [1.29, 1.82) is 0 Å². The minimum Gasteiger partial charge on any atom is -0.358 e. The van der Waals surface area contributed by atoms with E-state index in [1.807, 2.05) is 6.92 Å². The van der Waals surface area contributed by atoms with Gasteiger partial charge in [0.25, 0.3) is 0 Å². The van der Waals surface area contributed by atoms with Crippen LogP contribution in [0.1, 0.15) is 18.4 Å². The molecule has 0 unspecified atom stereocenters. The Balaban J connectivity index is 1.97. The number of benzene rings is 1. The van der Waals surface area contributed by atoms with Crippen LogP contribution in [0, 0.1) is 0 Å². The first-order valence-corrected chi connectivity index (χ1v) is 8.44. The maximum absolute atomic E-state index is 12.5. The number of carbonyl (C=O) groups excluding carboxylic acids is 2. The summed E-state index contributed by atoms with van der Waals surface area (Å²) in [5.41, 5.74) is 1.15. The van der Waals surface area contributed by atoms with Crippen molar-refractivity contribution in [2.45, 2.75) is 19.6 Å². The first kappa shape index (κ1) is 21.4. The first-order valence-electron chi connectivity index (χ1n) is 8.44. The zero-order chi connectivity index (χ0) is 20.7. The summed E-state index contributed by atoms with van der Waals surface area (Å²) in [6.45, 7) is 2.66. The van der Waals surface area contributed by atoms with E-state index in [0.717, 1.165) is 5.56 Å². The number of hydrogen-bond acceptors (Lipinski definition) is 6. The molecule has 0 saturated heterocycles. The topological polar surface area (TPSA) is 100 Å². The highest BCUT2D eigenvalue weighted by Gasteiger charge is 2.38. The van der Waals surface area contributed by atoms with Crippen molar-refractivity contribution in [2.75, 3.05) is 26.7 Å². The number of nitrogens with zero attached hydrogens (tertiary/aromatic N) is 3. The molecule has 11 heteroatoms. The van der Waals surface area contributed by atoms with Gasteiger partial charge >= 0.3 is 12.1 Å². The van der Waals surface area contributed by atoms with Crippen LogP contribution in [-0.4, -0.2) is 53.5 Å². The molecule has 2 amide bonds. The van der Waals surface area contributed by atoms with Crippen LogP contribution in [0.4, 0.5) is 13.2 Å². The highest BCUT2D eigenvalue weighted by atomic mass is 19.4. The maximum atomic E-state index is 12.5. The van der Waals surface area contributed by atoms with Gasteiger partial charge in [-0.25, -0.2) is 0 Å². The van der Waals surface area contributed by atoms with Crippen LogP contribution in [0.3, 0.4) is 0 Å². The van der Waals surface area contributed by atoms with Crippen LogP contribution in [-0.2, 0) is 22.3 Å². The average Bonchev–Trinajstić information content (AvgIpc) is 3.17. The molecule has 1 heterocycles. The molecule has 28 heavy (non-hydrogen) atoms. The van der Waals surface area contributed by atoms with Gasteiger partial charge in [0, 0.05) is 25.7 Å². The number of likely N-dealkylation sites (N-methyl/N-ethyl adjacent to an activating group) is 2. The van der Waals surface area contributed by atoms with Crippen LogP contribution in [0.5, 0.6) is 0 Å². The van der Waals surface area contributed by atoms with Crippen molar-refractivity contribution in [3.8, 4) is 11.4 Å². The molecule has 1 aromatic carbocycles. The van der Waals surface area contributed by atoms with Gasteiger partial charge in [-0.1, -0.05) is 29.4 Å². The minimum absolute atomic E-state index is 0.0163. The molecule has 0 radical (unpaired) electrons. The van der Waals surface area contributed by atoms with Crippen molar-refractivity contribution >= 4 is 11.8 Å². The molecular formula is C17H20F3N5O3. The van der Waals surface area contributed by atoms with Gasteiger partial charge in [0.05, 0.1) is 13.1 Å². The quantitative estimate of drug-likeness (QED) is 0.697. The third-order valence-electron chi connectivity index (χ3n) is 3.83. The fourth-order valence-corrected chi connectivity index (χ4v) is 2.29. The van der Waals surface area contributed by atoms with Crippen molar-refractivity contribution in [2.24, 2.45) is 0 Å². The smallest absolute Gasteiger partial charge is 0.358 e. The number of alkyl halides is 3. The molecule has 0 aliphatic heterocycles. The second kappa shape index (κ2) is 9.31. The molecule has 2 rings (SSSR count). The predicted octanol–water partition coefficient (Wildman–Crippen LogP) is 1.44. The molecule has 152 valence electrons. The van der Waals surface area contributed by atoms with Gasteiger partial charge in [0.1, 0.15) is 0 Å². The molecule has 1 aromatic heterocycles. The van der Waals surface area contributed by atoms with E-state index in [-0.39, 0.29) is 30.7 Å². The van der Waals surface area contributed by atoms with E-state index in [1.165, 1.54) is 7.05 Å². The molecule has 0 spiro atoms. The van der Waals surface area contributed by atoms with E-state index in [2.05, 4.69) is 25.3 Å². The van der Waals surface area contributed by atoms with Gasteiger partial charge in [0.2, 0.25) is 17.6 Å². The van der Waals surface area contributed by atoms with E-state index in [4.69, 9.17) is 0 Å². The number of aromatic nitrogens is 2. The Morgan fingerprint density at radius 3 is 2.39 bits per heavy atom. The van der Waals surface area contributed by atoms with E-state index < -0.39 is 12.1 Å². The lowest BCUT2D eigenvalue weighted by atomic mass is 10.1. The molecular weight excluding hydrogens is 379 g/mol. The number of carbonyl (C=O) groups is 2. The van der Waals surface area contributed by atoms with Gasteiger partial charge in [-0.15, -0.1) is 0 Å². The summed E-state index contributed by atoms with van der Waals surface area (Å²) in [6, 6.07) is 6.46. The zero-order valence-electron chi connectivity index (χ0n) is 15.3. The summed E-state index contributed by atoms with van der Waals surface area (Å²) in [4.78, 5) is 28.3. The van der Waals surface area contributed by atoms with Crippen molar-refractivity contribution < 1.29 is 27.3 Å². The van der Waals surface area contributed by atoms with Crippen molar-refractivity contribution in [3.63, 3.8) is 0 Å². The lowest BCUT2D eigenvalue weighted by Crippen LogP contribution is -2.40. The normalized spacial score (nSPS) is 11.3. The van der Waals surface area contributed by atoms with E-state index in [9.17, 15) is 22.8 Å². The molecule has 0 aliphatic rings. The Bertz CT molecular complexity index is 805. The highest BCUT2D eigenvalue weighted by Crippen LogP contribution is 2.29. The maximum Gasteiger partial charge on any atom is 0.471 e. The summed E-state index contributed by atoms with van der Waals surface area (Å²) in [7, 11) is 1.51. The van der Waals surface area contributed by atoms with Crippen LogP contribution >= 0.6 is 0 Å². The van der Waals surface area contributed by atoms with E-state index >= 15 is 0 Å². The van der Waals surface area contributed by atoms with E-state index in [0.29, 0.717) is 18.7 Å². The number of amides is 2. The van der Waals surface area contributed by atoms with Gasteiger partial charge in [-0.05, 0) is 12.5 Å². The molecule has 2 N–H and O–H groups in total. The first-order chi connectivity index (χ1) is 13.2. The molecule has 0 fully saturated rings. The monoisotopic (exact) mass is 399 g/mol. The largest absolute Gasteiger partial charge is 0.471 e. The third kappa shape index (κ3) is 5.78. The fourth-order valence-electron chi connectivity index (χ4n) is 2.29. The van der Waals surface area contributed by atoms with Crippen LogP contribution in [0.2, 0.25) is 0 Å². The standard InChI is InChI=1S/C17H20F3N5O3/c1-3-25(14(27)9-22-8-13(26)21-2)10-11-4-6-12(7-5-11)15-23-16(28-24-15)17(18,19)20/h4-7,22H,3,8-10H2,1-2H3,(H,21,26). The predicted molar refractivity (Wildman–Crippen MR) is 92.8 cm³/mol.